The molecule has 3 rings (SSSR count). The van der Waals surface area contributed by atoms with Gasteiger partial charge in [0, 0.05) is 37.7 Å². The van der Waals surface area contributed by atoms with Crippen molar-refractivity contribution in [2.75, 3.05) is 26.0 Å². The third-order valence-electron chi connectivity index (χ3n) is 4.21. The predicted octanol–water partition coefficient (Wildman–Crippen LogP) is 3.04. The van der Waals surface area contributed by atoms with E-state index in [0.717, 1.165) is 9.87 Å². The SMILES string of the molecule is CCOc1ccc(NC(=O)c2cnc(-c3ccccc3)nc2)cc1S(=O)(=O)N(C)C. The highest BCUT2D eigenvalue weighted by molar-refractivity contribution is 7.89. The summed E-state index contributed by atoms with van der Waals surface area (Å²) in [6.45, 7) is 2.08. The maximum absolute atomic E-state index is 12.6. The van der Waals surface area contributed by atoms with Crippen LogP contribution >= 0.6 is 0 Å². The van der Waals surface area contributed by atoms with Gasteiger partial charge in [-0.1, -0.05) is 30.3 Å². The van der Waals surface area contributed by atoms with Crippen LogP contribution < -0.4 is 10.1 Å². The van der Waals surface area contributed by atoms with Crippen molar-refractivity contribution in [1.82, 2.24) is 14.3 Å². The van der Waals surface area contributed by atoms with Crippen LogP contribution in [0.15, 0.2) is 65.8 Å². The summed E-state index contributed by atoms with van der Waals surface area (Å²) in [6.07, 6.45) is 2.85. The summed E-state index contributed by atoms with van der Waals surface area (Å²) in [5.74, 6) is 0.277. The van der Waals surface area contributed by atoms with Gasteiger partial charge >= 0.3 is 0 Å². The lowest BCUT2D eigenvalue weighted by atomic mass is 10.2. The minimum Gasteiger partial charge on any atom is -0.492 e. The van der Waals surface area contributed by atoms with Crippen LogP contribution in [0.4, 0.5) is 5.69 Å². The fraction of sp³-hybridized carbons (Fsp3) is 0.190. The molecular weight excluding hydrogens is 404 g/mol. The van der Waals surface area contributed by atoms with Gasteiger partial charge in [-0.05, 0) is 25.1 Å². The smallest absolute Gasteiger partial charge is 0.258 e. The minimum absolute atomic E-state index is 0.0252. The Kier molecular flexibility index (Phi) is 6.43. The van der Waals surface area contributed by atoms with Gasteiger partial charge in [0.2, 0.25) is 10.0 Å². The Morgan fingerprint density at radius 3 is 2.33 bits per heavy atom. The highest BCUT2D eigenvalue weighted by Crippen LogP contribution is 2.29. The molecule has 2 aromatic carbocycles. The van der Waals surface area contributed by atoms with Crippen LogP contribution in [0, 0.1) is 0 Å². The molecule has 0 saturated heterocycles. The summed E-state index contributed by atoms with van der Waals surface area (Å²) in [6, 6.07) is 13.9. The van der Waals surface area contributed by atoms with Gasteiger partial charge in [0.25, 0.3) is 5.91 Å². The molecule has 0 radical (unpaired) electrons. The number of sulfonamides is 1. The van der Waals surface area contributed by atoms with Crippen LogP contribution in [0.1, 0.15) is 17.3 Å². The molecule has 0 unspecified atom stereocenters. The summed E-state index contributed by atoms with van der Waals surface area (Å²) in [5, 5.41) is 2.68. The van der Waals surface area contributed by atoms with Gasteiger partial charge in [0.15, 0.2) is 5.82 Å². The molecule has 9 heteroatoms. The molecule has 1 amide bonds. The third-order valence-corrected chi connectivity index (χ3v) is 6.04. The number of benzene rings is 2. The Labute approximate surface area is 175 Å². The number of amides is 1. The first-order chi connectivity index (χ1) is 14.3. The van der Waals surface area contributed by atoms with Gasteiger partial charge in [0.05, 0.1) is 12.2 Å². The highest BCUT2D eigenvalue weighted by Gasteiger charge is 2.23. The summed E-state index contributed by atoms with van der Waals surface area (Å²) >= 11 is 0. The Morgan fingerprint density at radius 1 is 1.07 bits per heavy atom. The van der Waals surface area contributed by atoms with E-state index < -0.39 is 15.9 Å². The van der Waals surface area contributed by atoms with Crippen molar-refractivity contribution >= 4 is 21.6 Å². The fourth-order valence-electron chi connectivity index (χ4n) is 2.64. The zero-order valence-corrected chi connectivity index (χ0v) is 17.7. The van der Waals surface area contributed by atoms with E-state index in [9.17, 15) is 13.2 Å². The van der Waals surface area contributed by atoms with E-state index in [-0.39, 0.29) is 16.2 Å². The molecule has 3 aromatic rings. The molecule has 0 spiro atoms. The molecule has 30 heavy (non-hydrogen) atoms. The van der Waals surface area contributed by atoms with Crippen molar-refractivity contribution in [1.29, 1.82) is 0 Å². The first-order valence-electron chi connectivity index (χ1n) is 9.21. The van der Waals surface area contributed by atoms with Crippen molar-refractivity contribution in [2.24, 2.45) is 0 Å². The van der Waals surface area contributed by atoms with E-state index in [1.807, 2.05) is 30.3 Å². The van der Waals surface area contributed by atoms with Crippen LogP contribution in [0.5, 0.6) is 5.75 Å². The lowest BCUT2D eigenvalue weighted by molar-refractivity contribution is 0.102. The third kappa shape index (κ3) is 4.64. The Hall–Kier alpha value is -3.30. The van der Waals surface area contributed by atoms with Crippen molar-refractivity contribution < 1.29 is 17.9 Å². The molecule has 0 atom stereocenters. The first-order valence-corrected chi connectivity index (χ1v) is 10.6. The van der Waals surface area contributed by atoms with Gasteiger partial charge in [0.1, 0.15) is 10.6 Å². The van der Waals surface area contributed by atoms with Gasteiger partial charge in [-0.25, -0.2) is 22.7 Å². The van der Waals surface area contributed by atoms with E-state index in [1.54, 1.807) is 13.0 Å². The van der Waals surface area contributed by atoms with Crippen molar-refractivity contribution in [3.8, 4) is 17.1 Å². The van der Waals surface area contributed by atoms with Crippen LogP contribution in [0.2, 0.25) is 0 Å². The fourth-order valence-corrected chi connectivity index (χ4v) is 3.69. The molecule has 1 N–H and O–H groups in total. The Bertz CT molecular complexity index is 1130. The van der Waals surface area contributed by atoms with Crippen LogP contribution in [0.3, 0.4) is 0 Å². The highest BCUT2D eigenvalue weighted by atomic mass is 32.2. The minimum atomic E-state index is -3.76. The number of hydrogen-bond acceptors (Lipinski definition) is 6. The monoisotopic (exact) mass is 426 g/mol. The summed E-state index contributed by atoms with van der Waals surface area (Å²) < 4.78 is 31.8. The van der Waals surface area contributed by atoms with E-state index in [0.29, 0.717) is 18.1 Å². The van der Waals surface area contributed by atoms with E-state index in [4.69, 9.17) is 4.74 Å². The normalized spacial score (nSPS) is 11.3. The van der Waals surface area contributed by atoms with Gasteiger partial charge in [-0.3, -0.25) is 4.79 Å². The number of carbonyl (C=O) groups excluding carboxylic acids is 1. The topological polar surface area (TPSA) is 101 Å². The van der Waals surface area contributed by atoms with E-state index >= 15 is 0 Å². The van der Waals surface area contributed by atoms with Crippen LogP contribution in [0.25, 0.3) is 11.4 Å². The lowest BCUT2D eigenvalue weighted by Crippen LogP contribution is -2.23. The molecule has 0 bridgehead atoms. The number of hydrogen-bond donors (Lipinski definition) is 1. The number of carbonyl (C=O) groups is 1. The second-order valence-corrected chi connectivity index (χ2v) is 8.62. The zero-order valence-electron chi connectivity index (χ0n) is 16.9. The molecule has 0 saturated carbocycles. The van der Waals surface area contributed by atoms with E-state index in [2.05, 4.69) is 15.3 Å². The lowest BCUT2D eigenvalue weighted by Gasteiger charge is -2.16. The van der Waals surface area contributed by atoms with Gasteiger partial charge in [-0.15, -0.1) is 0 Å². The summed E-state index contributed by atoms with van der Waals surface area (Å²) in [5.41, 5.74) is 1.41. The van der Waals surface area contributed by atoms with Gasteiger partial charge < -0.3 is 10.1 Å². The van der Waals surface area contributed by atoms with Gasteiger partial charge in [-0.2, -0.15) is 0 Å². The zero-order chi connectivity index (χ0) is 21.7. The van der Waals surface area contributed by atoms with Crippen molar-refractivity contribution in [3.05, 3.63) is 66.5 Å². The van der Waals surface area contributed by atoms with Crippen LogP contribution in [-0.4, -0.2) is 49.3 Å². The molecule has 0 aliphatic heterocycles. The van der Waals surface area contributed by atoms with Crippen LogP contribution in [-0.2, 0) is 10.0 Å². The molecule has 8 nitrogen and oxygen atoms in total. The molecule has 1 aromatic heterocycles. The average Bonchev–Trinajstić information content (AvgIpc) is 2.75. The second-order valence-electron chi connectivity index (χ2n) is 6.50. The summed E-state index contributed by atoms with van der Waals surface area (Å²) in [4.78, 5) is 21.0. The average molecular weight is 426 g/mol. The van der Waals surface area contributed by atoms with Crippen molar-refractivity contribution in [2.45, 2.75) is 11.8 Å². The quantitative estimate of drug-likeness (QED) is 0.623. The molecule has 156 valence electrons. The standard InChI is InChI=1S/C21H22N4O4S/c1-4-29-18-11-10-17(12-19(18)30(27,28)25(2)3)24-21(26)16-13-22-20(23-14-16)15-8-6-5-7-9-15/h5-14H,4H2,1-3H3,(H,24,26). The number of nitrogens with one attached hydrogen (secondary N) is 1. The number of ether oxygens (including phenoxy) is 1. The molecule has 1 heterocycles. The maximum atomic E-state index is 12.6. The second kappa shape index (κ2) is 9.02. The molecule has 0 aliphatic rings. The Morgan fingerprint density at radius 2 is 1.73 bits per heavy atom. The van der Waals surface area contributed by atoms with E-state index in [1.165, 1.54) is 38.6 Å². The largest absolute Gasteiger partial charge is 0.492 e. The predicted molar refractivity (Wildman–Crippen MR) is 114 cm³/mol. The Balaban J connectivity index is 1.84. The molecule has 0 fully saturated rings. The summed E-state index contributed by atoms with van der Waals surface area (Å²) in [7, 11) is -0.892. The number of anilines is 1. The van der Waals surface area contributed by atoms with Crippen molar-refractivity contribution in [3.63, 3.8) is 0 Å². The molecular formula is C21H22N4O4S. The first kappa shape index (κ1) is 21.4. The number of aromatic nitrogens is 2. The number of rotatable bonds is 7. The number of nitrogens with zero attached hydrogens (tertiary/aromatic N) is 3. The molecule has 0 aliphatic carbocycles. The maximum Gasteiger partial charge on any atom is 0.258 e.